The summed E-state index contributed by atoms with van der Waals surface area (Å²) in [6.45, 7) is 2.70. The summed E-state index contributed by atoms with van der Waals surface area (Å²) in [5.41, 5.74) is 4.30. The molecule has 0 atom stereocenters. The molecule has 6 nitrogen and oxygen atoms in total. The molecule has 0 radical (unpaired) electrons. The van der Waals surface area contributed by atoms with E-state index in [0.29, 0.717) is 13.2 Å². The maximum Gasteiger partial charge on any atom is 0.161 e. The van der Waals surface area contributed by atoms with E-state index in [4.69, 9.17) is 9.47 Å². The van der Waals surface area contributed by atoms with E-state index in [1.54, 1.807) is 6.20 Å². The van der Waals surface area contributed by atoms with Gasteiger partial charge in [-0.15, -0.1) is 0 Å². The molecule has 0 aliphatic carbocycles. The van der Waals surface area contributed by atoms with E-state index in [1.807, 2.05) is 48.4 Å². The Morgan fingerprint density at radius 3 is 2.84 bits per heavy atom. The molecule has 0 bridgehead atoms. The van der Waals surface area contributed by atoms with E-state index in [2.05, 4.69) is 21.5 Å². The van der Waals surface area contributed by atoms with Crippen LogP contribution in [-0.4, -0.2) is 28.0 Å². The average Bonchev–Trinajstić information content (AvgIpc) is 3.03. The SMILES string of the molecule is Cn1cc(CNCc2ccc3c(c2)OCCO3)c(-c2cccnc2)n1. The predicted octanol–water partition coefficient (Wildman–Crippen LogP) is 2.54. The molecule has 25 heavy (non-hydrogen) atoms. The van der Waals surface area contributed by atoms with Gasteiger partial charge in [-0.05, 0) is 29.8 Å². The summed E-state index contributed by atoms with van der Waals surface area (Å²) in [5, 5.41) is 8.04. The lowest BCUT2D eigenvalue weighted by Crippen LogP contribution is -2.16. The zero-order valence-electron chi connectivity index (χ0n) is 14.1. The van der Waals surface area contributed by atoms with Crippen LogP contribution in [-0.2, 0) is 20.1 Å². The molecule has 0 amide bonds. The Hall–Kier alpha value is -2.86. The van der Waals surface area contributed by atoms with Crippen molar-refractivity contribution in [3.05, 3.63) is 60.0 Å². The van der Waals surface area contributed by atoms with Crippen LogP contribution in [0.4, 0.5) is 0 Å². The second kappa shape index (κ2) is 6.94. The van der Waals surface area contributed by atoms with E-state index in [9.17, 15) is 0 Å². The molecule has 3 heterocycles. The second-order valence-corrected chi connectivity index (χ2v) is 6.00. The number of ether oxygens (including phenoxy) is 2. The van der Waals surface area contributed by atoms with E-state index >= 15 is 0 Å². The predicted molar refractivity (Wildman–Crippen MR) is 94.4 cm³/mol. The van der Waals surface area contributed by atoms with Gasteiger partial charge in [-0.1, -0.05) is 6.07 Å². The molecule has 2 aromatic heterocycles. The summed E-state index contributed by atoms with van der Waals surface area (Å²) in [6, 6.07) is 10.0. The smallest absolute Gasteiger partial charge is 0.161 e. The first-order valence-electron chi connectivity index (χ1n) is 8.32. The van der Waals surface area contributed by atoms with Gasteiger partial charge in [0.25, 0.3) is 0 Å². The fourth-order valence-corrected chi connectivity index (χ4v) is 2.95. The third-order valence-corrected chi connectivity index (χ3v) is 4.09. The molecular formula is C19H20N4O2. The Balaban J connectivity index is 1.44. The van der Waals surface area contributed by atoms with Crippen LogP contribution >= 0.6 is 0 Å². The number of rotatable bonds is 5. The topological polar surface area (TPSA) is 61.2 Å². The van der Waals surface area contributed by atoms with Crippen molar-refractivity contribution in [2.75, 3.05) is 13.2 Å². The van der Waals surface area contributed by atoms with Crippen LogP contribution in [0.25, 0.3) is 11.3 Å². The quantitative estimate of drug-likeness (QED) is 0.776. The molecular weight excluding hydrogens is 316 g/mol. The van der Waals surface area contributed by atoms with Crippen LogP contribution in [0.2, 0.25) is 0 Å². The van der Waals surface area contributed by atoms with Gasteiger partial charge in [-0.2, -0.15) is 5.10 Å². The van der Waals surface area contributed by atoms with Crippen LogP contribution in [0, 0.1) is 0 Å². The van der Waals surface area contributed by atoms with Crippen molar-refractivity contribution in [3.63, 3.8) is 0 Å². The Bertz CT molecular complexity index is 861. The van der Waals surface area contributed by atoms with Crippen molar-refractivity contribution in [1.29, 1.82) is 0 Å². The molecule has 1 aliphatic heterocycles. The Kier molecular flexibility index (Phi) is 4.35. The first-order valence-corrected chi connectivity index (χ1v) is 8.32. The number of nitrogens with zero attached hydrogens (tertiary/aromatic N) is 3. The molecule has 0 unspecified atom stereocenters. The van der Waals surface area contributed by atoms with Gasteiger partial charge in [0.2, 0.25) is 0 Å². The summed E-state index contributed by atoms with van der Waals surface area (Å²) in [4.78, 5) is 4.18. The third-order valence-electron chi connectivity index (χ3n) is 4.09. The van der Waals surface area contributed by atoms with Crippen LogP contribution in [0.3, 0.4) is 0 Å². The van der Waals surface area contributed by atoms with E-state index in [1.165, 1.54) is 0 Å². The van der Waals surface area contributed by atoms with Crippen LogP contribution in [0.1, 0.15) is 11.1 Å². The van der Waals surface area contributed by atoms with Gasteiger partial charge >= 0.3 is 0 Å². The molecule has 0 saturated carbocycles. The molecule has 6 heteroatoms. The molecule has 4 rings (SSSR count). The fraction of sp³-hybridized carbons (Fsp3) is 0.263. The van der Waals surface area contributed by atoms with Crippen molar-refractivity contribution in [1.82, 2.24) is 20.1 Å². The second-order valence-electron chi connectivity index (χ2n) is 6.00. The number of nitrogens with one attached hydrogen (secondary N) is 1. The molecule has 128 valence electrons. The standard InChI is InChI=1S/C19H20N4O2/c1-23-13-16(19(22-23)15-3-2-6-20-11-15)12-21-10-14-4-5-17-18(9-14)25-8-7-24-17/h2-6,9,11,13,21H,7-8,10,12H2,1H3. The zero-order chi connectivity index (χ0) is 17.1. The van der Waals surface area contributed by atoms with Gasteiger partial charge in [-0.25, -0.2) is 0 Å². The van der Waals surface area contributed by atoms with Crippen molar-refractivity contribution in [2.24, 2.45) is 7.05 Å². The Morgan fingerprint density at radius 2 is 2.00 bits per heavy atom. The highest BCUT2D eigenvalue weighted by Crippen LogP contribution is 2.30. The summed E-state index contributed by atoms with van der Waals surface area (Å²) in [6.07, 6.45) is 5.65. The van der Waals surface area contributed by atoms with E-state index < -0.39 is 0 Å². The van der Waals surface area contributed by atoms with Crippen molar-refractivity contribution in [3.8, 4) is 22.8 Å². The number of pyridine rings is 1. The summed E-state index contributed by atoms with van der Waals surface area (Å²) >= 11 is 0. The van der Waals surface area contributed by atoms with Gasteiger partial charge in [0, 0.05) is 49.9 Å². The third kappa shape index (κ3) is 3.49. The summed E-state index contributed by atoms with van der Waals surface area (Å²) in [7, 11) is 1.93. The lowest BCUT2D eigenvalue weighted by molar-refractivity contribution is 0.171. The molecule has 0 fully saturated rings. The molecule has 1 N–H and O–H groups in total. The van der Waals surface area contributed by atoms with E-state index in [-0.39, 0.29) is 0 Å². The van der Waals surface area contributed by atoms with Gasteiger partial charge in [0.05, 0.1) is 5.69 Å². The van der Waals surface area contributed by atoms with Gasteiger partial charge in [0.1, 0.15) is 13.2 Å². The van der Waals surface area contributed by atoms with Crippen molar-refractivity contribution >= 4 is 0 Å². The number of aryl methyl sites for hydroxylation is 1. The average molecular weight is 336 g/mol. The fourth-order valence-electron chi connectivity index (χ4n) is 2.95. The monoisotopic (exact) mass is 336 g/mol. The highest BCUT2D eigenvalue weighted by atomic mass is 16.6. The van der Waals surface area contributed by atoms with Crippen molar-refractivity contribution in [2.45, 2.75) is 13.1 Å². The largest absolute Gasteiger partial charge is 0.486 e. The van der Waals surface area contributed by atoms with Crippen LogP contribution in [0.5, 0.6) is 11.5 Å². The maximum absolute atomic E-state index is 5.64. The minimum atomic E-state index is 0.605. The van der Waals surface area contributed by atoms with Crippen molar-refractivity contribution < 1.29 is 9.47 Å². The first-order chi connectivity index (χ1) is 12.3. The number of hydrogen-bond acceptors (Lipinski definition) is 5. The molecule has 0 saturated heterocycles. The summed E-state index contributed by atoms with van der Waals surface area (Å²) < 4.78 is 13.0. The minimum absolute atomic E-state index is 0.605. The Morgan fingerprint density at radius 1 is 1.12 bits per heavy atom. The first kappa shape index (κ1) is 15.7. The highest BCUT2D eigenvalue weighted by molar-refractivity contribution is 5.61. The van der Waals surface area contributed by atoms with Crippen LogP contribution < -0.4 is 14.8 Å². The minimum Gasteiger partial charge on any atom is -0.486 e. The molecule has 3 aromatic rings. The highest BCUT2D eigenvalue weighted by Gasteiger charge is 2.12. The normalized spacial score (nSPS) is 13.0. The lowest BCUT2D eigenvalue weighted by atomic mass is 10.1. The molecule has 0 spiro atoms. The van der Waals surface area contributed by atoms with Crippen LogP contribution in [0.15, 0.2) is 48.9 Å². The summed E-state index contributed by atoms with van der Waals surface area (Å²) in [5.74, 6) is 1.64. The van der Waals surface area contributed by atoms with Gasteiger partial charge < -0.3 is 14.8 Å². The maximum atomic E-state index is 5.64. The molecule has 1 aromatic carbocycles. The number of fused-ring (bicyclic) bond motifs is 1. The lowest BCUT2D eigenvalue weighted by Gasteiger charge is -2.19. The number of benzene rings is 1. The van der Waals surface area contributed by atoms with Gasteiger partial charge in [-0.3, -0.25) is 9.67 Å². The Labute approximate surface area is 146 Å². The van der Waals surface area contributed by atoms with E-state index in [0.717, 1.165) is 47.0 Å². The number of aromatic nitrogens is 3. The zero-order valence-corrected chi connectivity index (χ0v) is 14.1. The van der Waals surface area contributed by atoms with Gasteiger partial charge in [0.15, 0.2) is 11.5 Å². The molecule has 1 aliphatic rings. The number of hydrogen-bond donors (Lipinski definition) is 1.